The molecule has 0 atom stereocenters. The van der Waals surface area contributed by atoms with Gasteiger partial charge in [-0.15, -0.1) is 0 Å². The number of hydrogen-bond donors (Lipinski definition) is 1. The minimum absolute atomic E-state index is 0.903. The van der Waals surface area contributed by atoms with E-state index >= 15 is 0 Å². The first-order valence-corrected chi connectivity index (χ1v) is 4.99. The molecule has 0 radical (unpaired) electrons. The SMILES string of the molecule is COc1ccccc1NC1=CCCC1. The van der Waals surface area contributed by atoms with E-state index in [1.54, 1.807) is 7.11 Å². The molecule has 1 aromatic carbocycles. The predicted molar refractivity (Wildman–Crippen MR) is 58.6 cm³/mol. The topological polar surface area (TPSA) is 21.3 Å². The van der Waals surface area contributed by atoms with Crippen LogP contribution in [0.5, 0.6) is 5.75 Å². The zero-order chi connectivity index (χ0) is 9.80. The predicted octanol–water partition coefficient (Wildman–Crippen LogP) is 3.17. The Hall–Kier alpha value is -1.44. The van der Waals surface area contributed by atoms with Gasteiger partial charge in [-0.25, -0.2) is 0 Å². The molecule has 0 unspecified atom stereocenters. The fourth-order valence-electron chi connectivity index (χ4n) is 1.71. The van der Waals surface area contributed by atoms with Crippen LogP contribution in [0.3, 0.4) is 0 Å². The highest BCUT2D eigenvalue weighted by Crippen LogP contribution is 2.27. The molecule has 2 rings (SSSR count). The average molecular weight is 189 g/mol. The minimum atomic E-state index is 0.903. The van der Waals surface area contributed by atoms with Crippen LogP contribution >= 0.6 is 0 Å². The number of allylic oxidation sites excluding steroid dienone is 2. The molecule has 0 fully saturated rings. The van der Waals surface area contributed by atoms with Crippen molar-refractivity contribution in [3.63, 3.8) is 0 Å². The maximum Gasteiger partial charge on any atom is 0.142 e. The van der Waals surface area contributed by atoms with Gasteiger partial charge in [-0.1, -0.05) is 18.2 Å². The smallest absolute Gasteiger partial charge is 0.142 e. The number of methoxy groups -OCH3 is 1. The Kier molecular flexibility index (Phi) is 2.73. The summed E-state index contributed by atoms with van der Waals surface area (Å²) in [6.07, 6.45) is 5.86. The third kappa shape index (κ3) is 1.90. The fourth-order valence-corrected chi connectivity index (χ4v) is 1.71. The van der Waals surface area contributed by atoms with Gasteiger partial charge in [0.25, 0.3) is 0 Å². The number of rotatable bonds is 3. The maximum atomic E-state index is 5.27. The average Bonchev–Trinajstić information content (AvgIpc) is 2.71. The molecule has 0 saturated carbocycles. The normalized spacial score (nSPS) is 15.1. The Bertz CT molecular complexity index is 344. The molecule has 0 bridgehead atoms. The van der Waals surface area contributed by atoms with Gasteiger partial charge in [-0.2, -0.15) is 0 Å². The lowest BCUT2D eigenvalue weighted by molar-refractivity contribution is 0.416. The van der Waals surface area contributed by atoms with Crippen molar-refractivity contribution in [2.45, 2.75) is 19.3 Å². The van der Waals surface area contributed by atoms with Gasteiger partial charge in [0.15, 0.2) is 0 Å². The molecule has 1 aliphatic carbocycles. The lowest BCUT2D eigenvalue weighted by Crippen LogP contribution is -1.98. The summed E-state index contributed by atoms with van der Waals surface area (Å²) in [5.41, 5.74) is 2.37. The maximum absolute atomic E-state index is 5.27. The van der Waals surface area contributed by atoms with Crippen molar-refractivity contribution in [3.05, 3.63) is 36.0 Å². The first kappa shape index (κ1) is 9.13. The molecule has 0 aliphatic heterocycles. The summed E-state index contributed by atoms with van der Waals surface area (Å²) in [6.45, 7) is 0. The molecule has 74 valence electrons. The van der Waals surface area contributed by atoms with Crippen molar-refractivity contribution in [2.75, 3.05) is 12.4 Å². The van der Waals surface area contributed by atoms with Crippen LogP contribution in [0.25, 0.3) is 0 Å². The number of benzene rings is 1. The van der Waals surface area contributed by atoms with Crippen molar-refractivity contribution in [2.24, 2.45) is 0 Å². The minimum Gasteiger partial charge on any atom is -0.495 e. The van der Waals surface area contributed by atoms with Crippen LogP contribution in [-0.4, -0.2) is 7.11 Å². The second kappa shape index (κ2) is 4.18. The van der Waals surface area contributed by atoms with Gasteiger partial charge in [-0.05, 0) is 31.4 Å². The van der Waals surface area contributed by atoms with Crippen LogP contribution in [0, 0.1) is 0 Å². The molecule has 0 spiro atoms. The van der Waals surface area contributed by atoms with Crippen molar-refractivity contribution < 1.29 is 4.74 Å². The number of anilines is 1. The lowest BCUT2D eigenvalue weighted by atomic mass is 10.2. The van der Waals surface area contributed by atoms with Gasteiger partial charge < -0.3 is 10.1 Å². The third-order valence-electron chi connectivity index (χ3n) is 2.44. The fraction of sp³-hybridized carbons (Fsp3) is 0.333. The van der Waals surface area contributed by atoms with E-state index in [4.69, 9.17) is 4.74 Å². The van der Waals surface area contributed by atoms with Gasteiger partial charge in [0.1, 0.15) is 5.75 Å². The number of hydrogen-bond acceptors (Lipinski definition) is 2. The molecule has 2 nitrogen and oxygen atoms in total. The van der Waals surface area contributed by atoms with Crippen molar-refractivity contribution in [1.82, 2.24) is 0 Å². The number of para-hydroxylation sites is 2. The Balaban J connectivity index is 2.15. The zero-order valence-electron chi connectivity index (χ0n) is 8.42. The summed E-state index contributed by atoms with van der Waals surface area (Å²) in [7, 11) is 1.70. The molecule has 2 heteroatoms. The van der Waals surface area contributed by atoms with Gasteiger partial charge >= 0.3 is 0 Å². The quantitative estimate of drug-likeness (QED) is 0.788. The first-order chi connectivity index (χ1) is 6.90. The van der Waals surface area contributed by atoms with Crippen LogP contribution in [0.15, 0.2) is 36.0 Å². The number of nitrogens with one attached hydrogen (secondary N) is 1. The highest BCUT2D eigenvalue weighted by molar-refractivity contribution is 5.59. The highest BCUT2D eigenvalue weighted by Gasteiger charge is 2.06. The monoisotopic (exact) mass is 189 g/mol. The van der Waals surface area contributed by atoms with Crippen LogP contribution in [-0.2, 0) is 0 Å². The molecule has 0 saturated heterocycles. The van der Waals surface area contributed by atoms with Gasteiger partial charge in [-0.3, -0.25) is 0 Å². The standard InChI is InChI=1S/C12H15NO/c1-14-12-9-5-4-8-11(12)13-10-6-2-3-7-10/h4-6,8-9,13H,2-3,7H2,1H3. The van der Waals surface area contributed by atoms with E-state index in [0.717, 1.165) is 17.9 Å². The summed E-state index contributed by atoms with van der Waals surface area (Å²) in [5.74, 6) is 0.903. The summed E-state index contributed by atoms with van der Waals surface area (Å²) in [5, 5.41) is 3.40. The lowest BCUT2D eigenvalue weighted by Gasteiger charge is -2.11. The first-order valence-electron chi connectivity index (χ1n) is 4.99. The van der Waals surface area contributed by atoms with Crippen molar-refractivity contribution >= 4 is 5.69 Å². The molecule has 0 aromatic heterocycles. The third-order valence-corrected chi connectivity index (χ3v) is 2.44. The van der Waals surface area contributed by atoms with Gasteiger partial charge in [0, 0.05) is 5.70 Å². The number of ether oxygens (including phenoxy) is 1. The molecule has 0 amide bonds. The van der Waals surface area contributed by atoms with Crippen LogP contribution in [0.1, 0.15) is 19.3 Å². The van der Waals surface area contributed by atoms with E-state index in [9.17, 15) is 0 Å². The van der Waals surface area contributed by atoms with E-state index in [1.807, 2.05) is 24.3 Å². The Morgan fingerprint density at radius 3 is 2.86 bits per heavy atom. The van der Waals surface area contributed by atoms with Gasteiger partial charge in [0.05, 0.1) is 12.8 Å². The molecule has 14 heavy (non-hydrogen) atoms. The van der Waals surface area contributed by atoms with E-state index < -0.39 is 0 Å². The Labute approximate surface area is 84.6 Å². The summed E-state index contributed by atoms with van der Waals surface area (Å²) < 4.78 is 5.27. The second-order valence-corrected chi connectivity index (χ2v) is 3.45. The summed E-state index contributed by atoms with van der Waals surface area (Å²) in [4.78, 5) is 0. The van der Waals surface area contributed by atoms with Crippen molar-refractivity contribution in [3.8, 4) is 5.75 Å². The van der Waals surface area contributed by atoms with E-state index in [2.05, 4.69) is 11.4 Å². The molecule has 0 heterocycles. The largest absolute Gasteiger partial charge is 0.495 e. The Morgan fingerprint density at radius 2 is 2.14 bits per heavy atom. The second-order valence-electron chi connectivity index (χ2n) is 3.45. The zero-order valence-corrected chi connectivity index (χ0v) is 8.42. The molecule has 1 aliphatic rings. The van der Waals surface area contributed by atoms with Crippen molar-refractivity contribution in [1.29, 1.82) is 0 Å². The molecular formula is C12H15NO. The van der Waals surface area contributed by atoms with Crippen LogP contribution < -0.4 is 10.1 Å². The van der Waals surface area contributed by atoms with E-state index in [-0.39, 0.29) is 0 Å². The van der Waals surface area contributed by atoms with Crippen LogP contribution in [0.2, 0.25) is 0 Å². The highest BCUT2D eigenvalue weighted by atomic mass is 16.5. The molecule has 1 N–H and O–H groups in total. The van der Waals surface area contributed by atoms with Gasteiger partial charge in [0.2, 0.25) is 0 Å². The molecule has 1 aromatic rings. The van der Waals surface area contributed by atoms with E-state index in [0.29, 0.717) is 0 Å². The summed E-state index contributed by atoms with van der Waals surface area (Å²) in [6, 6.07) is 8.00. The van der Waals surface area contributed by atoms with Crippen LogP contribution in [0.4, 0.5) is 5.69 Å². The summed E-state index contributed by atoms with van der Waals surface area (Å²) >= 11 is 0. The Morgan fingerprint density at radius 1 is 1.29 bits per heavy atom. The van der Waals surface area contributed by atoms with E-state index in [1.165, 1.54) is 18.5 Å². The molecular weight excluding hydrogens is 174 g/mol.